The normalized spacial score (nSPS) is 13.6. The van der Waals surface area contributed by atoms with E-state index in [0.29, 0.717) is 12.6 Å². The van der Waals surface area contributed by atoms with Crippen molar-refractivity contribution >= 4 is 17.6 Å². The number of aromatic nitrogens is 2. The second-order valence-corrected chi connectivity index (χ2v) is 5.62. The third kappa shape index (κ3) is 4.32. The van der Waals surface area contributed by atoms with E-state index in [1.807, 2.05) is 0 Å². The molecule has 1 aromatic heterocycles. The maximum absolute atomic E-state index is 11.7. The van der Waals surface area contributed by atoms with Gasteiger partial charge in [0.15, 0.2) is 0 Å². The average Bonchev–Trinajstić information content (AvgIpc) is 3.22. The molecule has 3 N–H and O–H groups in total. The van der Waals surface area contributed by atoms with Gasteiger partial charge in [-0.1, -0.05) is 12.1 Å². The molecule has 0 spiro atoms. The molecule has 1 aliphatic carbocycles. The zero-order valence-corrected chi connectivity index (χ0v) is 12.5. The van der Waals surface area contributed by atoms with Gasteiger partial charge in [-0.2, -0.15) is 5.10 Å². The Balaban J connectivity index is 1.50. The summed E-state index contributed by atoms with van der Waals surface area (Å²) in [4.78, 5) is 22.5. The first-order valence-corrected chi connectivity index (χ1v) is 7.48. The highest BCUT2D eigenvalue weighted by Gasteiger charge is 2.23. The quantitative estimate of drug-likeness (QED) is 0.719. The number of nitrogens with zero attached hydrogens (tertiary/aromatic N) is 2. The van der Waals surface area contributed by atoms with E-state index in [0.717, 1.165) is 24.1 Å². The van der Waals surface area contributed by atoms with Crippen molar-refractivity contribution in [3.63, 3.8) is 0 Å². The third-order valence-electron chi connectivity index (χ3n) is 3.58. The first-order valence-electron chi connectivity index (χ1n) is 7.48. The molecule has 3 rings (SSSR count). The van der Waals surface area contributed by atoms with Crippen LogP contribution >= 0.6 is 0 Å². The Labute approximate surface area is 133 Å². The zero-order chi connectivity index (χ0) is 16.2. The molecule has 0 unspecified atom stereocenters. The molecular weight excluding hydrogens is 296 g/mol. The number of carbonyl (C=O) groups is 2. The summed E-state index contributed by atoms with van der Waals surface area (Å²) in [6, 6.07) is 7.04. The van der Waals surface area contributed by atoms with Crippen LogP contribution in [0, 0.1) is 0 Å². The van der Waals surface area contributed by atoms with E-state index >= 15 is 0 Å². The van der Waals surface area contributed by atoms with E-state index in [-0.39, 0.29) is 18.0 Å². The van der Waals surface area contributed by atoms with Crippen LogP contribution in [0.1, 0.15) is 28.8 Å². The number of nitrogens with one attached hydrogen (secondary N) is 2. The predicted molar refractivity (Wildman–Crippen MR) is 84.1 cm³/mol. The van der Waals surface area contributed by atoms with Gasteiger partial charge in [-0.25, -0.2) is 4.79 Å². The summed E-state index contributed by atoms with van der Waals surface area (Å²) < 4.78 is 1.59. The van der Waals surface area contributed by atoms with E-state index in [4.69, 9.17) is 5.11 Å². The second kappa shape index (κ2) is 6.51. The molecule has 1 fully saturated rings. The largest absolute Gasteiger partial charge is 0.478 e. The molecule has 0 bridgehead atoms. The van der Waals surface area contributed by atoms with Gasteiger partial charge in [0.2, 0.25) is 5.91 Å². The highest BCUT2D eigenvalue weighted by molar-refractivity contribution is 5.87. The Kier molecular flexibility index (Phi) is 4.27. The average molecular weight is 314 g/mol. The van der Waals surface area contributed by atoms with Gasteiger partial charge in [0.1, 0.15) is 6.54 Å². The molecule has 1 heterocycles. The number of rotatable bonds is 7. The van der Waals surface area contributed by atoms with Crippen molar-refractivity contribution in [2.75, 3.05) is 5.32 Å². The summed E-state index contributed by atoms with van der Waals surface area (Å²) in [5, 5.41) is 19.1. The van der Waals surface area contributed by atoms with Crippen LogP contribution in [0.4, 0.5) is 5.69 Å². The molecule has 1 aromatic carbocycles. The van der Waals surface area contributed by atoms with Gasteiger partial charge < -0.3 is 15.7 Å². The van der Waals surface area contributed by atoms with E-state index in [1.54, 1.807) is 41.3 Å². The number of anilines is 1. The standard InChI is InChI=1S/C16H18N4O3/c21-15(19-13-5-6-13)10-20-9-14(8-18-20)17-7-11-1-3-12(4-2-11)16(22)23/h1-4,8-9,13,17H,5-7,10H2,(H,19,21)(H,22,23). The van der Waals surface area contributed by atoms with Crippen molar-refractivity contribution in [3.05, 3.63) is 47.8 Å². The van der Waals surface area contributed by atoms with Crippen LogP contribution in [0.15, 0.2) is 36.7 Å². The number of hydrogen-bond donors (Lipinski definition) is 3. The molecule has 0 saturated heterocycles. The fourth-order valence-corrected chi connectivity index (χ4v) is 2.16. The molecule has 23 heavy (non-hydrogen) atoms. The fraction of sp³-hybridized carbons (Fsp3) is 0.312. The van der Waals surface area contributed by atoms with Crippen LogP contribution in [-0.4, -0.2) is 32.8 Å². The maximum Gasteiger partial charge on any atom is 0.335 e. The number of carboxylic acid groups (broad SMARTS) is 1. The molecule has 7 heteroatoms. The van der Waals surface area contributed by atoms with Gasteiger partial charge in [0.05, 0.1) is 17.4 Å². The van der Waals surface area contributed by atoms with E-state index in [1.165, 1.54) is 0 Å². The number of hydrogen-bond acceptors (Lipinski definition) is 4. The molecule has 1 amide bonds. The molecule has 7 nitrogen and oxygen atoms in total. The fourth-order valence-electron chi connectivity index (χ4n) is 2.16. The van der Waals surface area contributed by atoms with Crippen molar-refractivity contribution < 1.29 is 14.7 Å². The Bertz CT molecular complexity index is 704. The minimum Gasteiger partial charge on any atom is -0.478 e. The van der Waals surface area contributed by atoms with Crippen molar-refractivity contribution in [1.29, 1.82) is 0 Å². The molecule has 0 radical (unpaired) electrons. The lowest BCUT2D eigenvalue weighted by atomic mass is 10.1. The molecule has 0 aliphatic heterocycles. The first kappa shape index (κ1) is 15.1. The van der Waals surface area contributed by atoms with Gasteiger partial charge in [-0.15, -0.1) is 0 Å². The van der Waals surface area contributed by atoms with Gasteiger partial charge in [-0.3, -0.25) is 9.48 Å². The Hall–Kier alpha value is -2.83. The number of amides is 1. The molecule has 1 aliphatic rings. The smallest absolute Gasteiger partial charge is 0.335 e. The van der Waals surface area contributed by atoms with Crippen LogP contribution in [0.3, 0.4) is 0 Å². The van der Waals surface area contributed by atoms with Crippen LogP contribution in [-0.2, 0) is 17.9 Å². The summed E-state index contributed by atoms with van der Waals surface area (Å²) in [7, 11) is 0. The third-order valence-corrected chi connectivity index (χ3v) is 3.58. The van der Waals surface area contributed by atoms with Crippen LogP contribution in [0.25, 0.3) is 0 Å². The first-order chi connectivity index (χ1) is 11.1. The molecule has 0 atom stereocenters. The van der Waals surface area contributed by atoms with Crippen LogP contribution < -0.4 is 10.6 Å². The van der Waals surface area contributed by atoms with Crippen molar-refractivity contribution in [1.82, 2.24) is 15.1 Å². The van der Waals surface area contributed by atoms with E-state index < -0.39 is 5.97 Å². The Morgan fingerprint density at radius 1 is 1.26 bits per heavy atom. The zero-order valence-electron chi connectivity index (χ0n) is 12.5. The Morgan fingerprint density at radius 2 is 2.00 bits per heavy atom. The highest BCUT2D eigenvalue weighted by atomic mass is 16.4. The topological polar surface area (TPSA) is 96.2 Å². The minimum atomic E-state index is -0.935. The lowest BCUT2D eigenvalue weighted by molar-refractivity contribution is -0.122. The number of carbonyl (C=O) groups excluding carboxylic acids is 1. The number of carboxylic acids is 1. The minimum absolute atomic E-state index is 0.0218. The summed E-state index contributed by atoms with van der Waals surface area (Å²) >= 11 is 0. The van der Waals surface area contributed by atoms with Crippen molar-refractivity contribution in [2.45, 2.75) is 32.0 Å². The summed E-state index contributed by atoms with van der Waals surface area (Å²) in [6.45, 7) is 0.769. The van der Waals surface area contributed by atoms with E-state index in [9.17, 15) is 9.59 Å². The lowest BCUT2D eigenvalue weighted by Gasteiger charge is -2.04. The highest BCUT2D eigenvalue weighted by Crippen LogP contribution is 2.18. The lowest BCUT2D eigenvalue weighted by Crippen LogP contribution is -2.29. The van der Waals surface area contributed by atoms with E-state index in [2.05, 4.69) is 15.7 Å². The predicted octanol–water partition coefficient (Wildman–Crippen LogP) is 1.47. The summed E-state index contributed by atoms with van der Waals surface area (Å²) in [6.07, 6.45) is 5.57. The van der Waals surface area contributed by atoms with Crippen molar-refractivity contribution in [3.8, 4) is 0 Å². The Morgan fingerprint density at radius 3 is 2.65 bits per heavy atom. The van der Waals surface area contributed by atoms with Gasteiger partial charge in [0, 0.05) is 18.8 Å². The molecule has 2 aromatic rings. The van der Waals surface area contributed by atoms with Gasteiger partial charge >= 0.3 is 5.97 Å². The SMILES string of the molecule is O=C(Cn1cc(NCc2ccc(C(=O)O)cc2)cn1)NC1CC1. The summed E-state index contributed by atoms with van der Waals surface area (Å²) in [5.41, 5.74) is 2.05. The maximum atomic E-state index is 11.7. The second-order valence-electron chi connectivity index (χ2n) is 5.62. The van der Waals surface area contributed by atoms with Crippen LogP contribution in [0.5, 0.6) is 0 Å². The molecule has 1 saturated carbocycles. The molecular formula is C16H18N4O3. The number of benzene rings is 1. The van der Waals surface area contributed by atoms with Gasteiger partial charge in [-0.05, 0) is 30.5 Å². The van der Waals surface area contributed by atoms with Crippen molar-refractivity contribution in [2.24, 2.45) is 0 Å². The van der Waals surface area contributed by atoms with Gasteiger partial charge in [0.25, 0.3) is 0 Å². The summed E-state index contributed by atoms with van der Waals surface area (Å²) in [5.74, 6) is -0.957. The number of aromatic carboxylic acids is 1. The van der Waals surface area contributed by atoms with Crippen LogP contribution in [0.2, 0.25) is 0 Å². The molecule has 120 valence electrons. The monoisotopic (exact) mass is 314 g/mol.